The van der Waals surface area contributed by atoms with Gasteiger partial charge in [-0.05, 0) is 31.5 Å². The highest BCUT2D eigenvalue weighted by Gasteiger charge is 2.45. The van der Waals surface area contributed by atoms with Gasteiger partial charge in [-0.25, -0.2) is 9.37 Å². The minimum Gasteiger partial charge on any atom is -0.871 e. The summed E-state index contributed by atoms with van der Waals surface area (Å²) in [7, 11) is 0. The highest BCUT2D eigenvalue weighted by Crippen LogP contribution is 2.39. The standard InChI is InChI=1S/C26H27FN4O4/c1-16-6-5-9-30-21(17(2)28-25(16)30)23(32)20-22(18-7-3-4-8-19(18)27)31(26(34)24(20)33)11-10-29-12-14-35-15-13-29/h3-9,22,32H,10-15H2,1-2H3. The molecule has 0 bridgehead atoms. The molecule has 1 N–H and O–H groups in total. The van der Waals surface area contributed by atoms with Gasteiger partial charge in [0.1, 0.15) is 24.6 Å². The minimum absolute atomic E-state index is 0.134. The van der Waals surface area contributed by atoms with Crippen molar-refractivity contribution in [2.24, 2.45) is 0 Å². The molecule has 9 heteroatoms. The van der Waals surface area contributed by atoms with Gasteiger partial charge < -0.3 is 24.0 Å². The fourth-order valence-corrected chi connectivity index (χ4v) is 5.03. The summed E-state index contributed by atoms with van der Waals surface area (Å²) in [5.74, 6) is -2.84. The molecule has 5 rings (SSSR count). The number of carbonyl (C=O) groups is 2. The second-order valence-electron chi connectivity index (χ2n) is 9.04. The van der Waals surface area contributed by atoms with Gasteiger partial charge >= 0.3 is 0 Å². The van der Waals surface area contributed by atoms with Crippen molar-refractivity contribution in [2.45, 2.75) is 19.9 Å². The normalized spacial score (nSPS) is 20.8. The van der Waals surface area contributed by atoms with Crippen LogP contribution in [0, 0.1) is 19.7 Å². The van der Waals surface area contributed by atoms with E-state index in [-0.39, 0.29) is 23.4 Å². The predicted octanol–water partition coefficient (Wildman–Crippen LogP) is 0.229. The number of benzene rings is 1. The van der Waals surface area contributed by atoms with Crippen molar-refractivity contribution in [3.63, 3.8) is 0 Å². The van der Waals surface area contributed by atoms with Gasteiger partial charge in [-0.3, -0.25) is 9.59 Å². The number of ketones is 1. The number of imidazole rings is 1. The van der Waals surface area contributed by atoms with Gasteiger partial charge in [0.2, 0.25) is 5.78 Å². The fraction of sp³-hybridized carbons (Fsp3) is 0.346. The third-order valence-electron chi connectivity index (χ3n) is 6.87. The van der Waals surface area contributed by atoms with Gasteiger partial charge in [-0.2, -0.15) is 0 Å². The molecule has 4 heterocycles. The molecule has 1 unspecified atom stereocenters. The van der Waals surface area contributed by atoms with Crippen molar-refractivity contribution in [3.8, 4) is 0 Å². The molecule has 3 aromatic rings. The number of ether oxygens (including phenoxy) is 1. The maximum atomic E-state index is 15.0. The van der Waals surface area contributed by atoms with Gasteiger partial charge in [0.15, 0.2) is 0 Å². The van der Waals surface area contributed by atoms with Crippen LogP contribution >= 0.6 is 0 Å². The van der Waals surface area contributed by atoms with Crippen molar-refractivity contribution in [3.05, 3.63) is 76.5 Å². The average Bonchev–Trinajstić information content (AvgIpc) is 3.32. The zero-order chi connectivity index (χ0) is 24.7. The summed E-state index contributed by atoms with van der Waals surface area (Å²) in [5, 5.41) is 13.9. The molecule has 2 aromatic heterocycles. The quantitative estimate of drug-likeness (QED) is 0.322. The molecule has 2 fully saturated rings. The van der Waals surface area contributed by atoms with Crippen LogP contribution in [-0.4, -0.2) is 65.4 Å². The van der Waals surface area contributed by atoms with Crippen LogP contribution in [-0.2, 0) is 14.3 Å². The molecule has 0 saturated carbocycles. The Morgan fingerprint density at radius 2 is 1.91 bits per heavy atom. The molecule has 35 heavy (non-hydrogen) atoms. The molecule has 2 saturated heterocycles. The molecule has 1 aromatic carbocycles. The molecular formula is C26H27FN4O4. The van der Waals surface area contributed by atoms with E-state index in [0.29, 0.717) is 31.1 Å². The molecule has 8 nitrogen and oxygen atoms in total. The monoisotopic (exact) mass is 478 g/mol. The number of amides is 1. The number of aryl methyl sites for hydroxylation is 2. The molecule has 1 atom stereocenters. The number of hydrogen-bond donors (Lipinski definition) is 1. The zero-order valence-corrected chi connectivity index (χ0v) is 19.7. The Balaban J connectivity index is 1.64. The maximum Gasteiger partial charge on any atom is 0.295 e. The molecule has 1 amide bonds. The summed E-state index contributed by atoms with van der Waals surface area (Å²) < 4.78 is 22.0. The molecule has 2 aliphatic rings. The Morgan fingerprint density at radius 1 is 1.17 bits per heavy atom. The van der Waals surface area contributed by atoms with Crippen LogP contribution in [0.3, 0.4) is 0 Å². The van der Waals surface area contributed by atoms with Crippen molar-refractivity contribution in [2.75, 3.05) is 39.4 Å². The first kappa shape index (κ1) is 23.2. The number of rotatable bonds is 5. The Bertz CT molecular complexity index is 1340. The van der Waals surface area contributed by atoms with Crippen LogP contribution in [0.1, 0.15) is 28.6 Å². The van der Waals surface area contributed by atoms with E-state index in [1.807, 2.05) is 13.0 Å². The van der Waals surface area contributed by atoms with E-state index in [1.54, 1.807) is 35.7 Å². The van der Waals surface area contributed by atoms with E-state index in [1.165, 1.54) is 21.9 Å². The number of quaternary nitrogens is 1. The summed E-state index contributed by atoms with van der Waals surface area (Å²) in [6.07, 6.45) is 1.70. The van der Waals surface area contributed by atoms with Gasteiger partial charge in [-0.15, -0.1) is 0 Å². The number of halogens is 1. The smallest absolute Gasteiger partial charge is 0.295 e. The number of hydrogen-bond acceptors (Lipinski definition) is 5. The minimum atomic E-state index is -1.10. The Hall–Kier alpha value is -3.56. The van der Waals surface area contributed by atoms with Crippen LogP contribution in [0.15, 0.2) is 48.2 Å². The van der Waals surface area contributed by atoms with Crippen molar-refractivity contribution in [1.29, 1.82) is 0 Å². The number of fused-ring (bicyclic) bond motifs is 1. The van der Waals surface area contributed by atoms with Gasteiger partial charge in [-0.1, -0.05) is 30.0 Å². The largest absolute Gasteiger partial charge is 0.871 e. The van der Waals surface area contributed by atoms with Gasteiger partial charge in [0.25, 0.3) is 5.91 Å². The first-order valence-corrected chi connectivity index (χ1v) is 11.8. The number of Topliss-reactive ketones (excluding diaryl/α,β-unsaturated/α-hetero) is 1. The summed E-state index contributed by atoms with van der Waals surface area (Å²) in [4.78, 5) is 33.6. The number of pyridine rings is 1. The number of nitrogens with one attached hydrogen (secondary N) is 1. The van der Waals surface area contributed by atoms with E-state index in [9.17, 15) is 14.7 Å². The highest BCUT2D eigenvalue weighted by atomic mass is 19.1. The lowest BCUT2D eigenvalue weighted by Crippen LogP contribution is -3.14. The number of nitrogens with zero attached hydrogens (tertiary/aromatic N) is 3. The number of likely N-dealkylation sites (tertiary alicyclic amines) is 1. The van der Waals surface area contributed by atoms with Crippen LogP contribution in [0.5, 0.6) is 0 Å². The zero-order valence-electron chi connectivity index (χ0n) is 19.7. The van der Waals surface area contributed by atoms with E-state index in [0.717, 1.165) is 18.7 Å². The van der Waals surface area contributed by atoms with Crippen molar-refractivity contribution >= 4 is 23.1 Å². The molecule has 0 radical (unpaired) electrons. The number of morpholine rings is 1. The number of aromatic nitrogens is 2. The maximum absolute atomic E-state index is 15.0. The van der Waals surface area contributed by atoms with Crippen molar-refractivity contribution < 1.29 is 28.7 Å². The third kappa shape index (κ3) is 4.00. The lowest BCUT2D eigenvalue weighted by Gasteiger charge is -2.30. The first-order valence-electron chi connectivity index (χ1n) is 11.8. The second-order valence-corrected chi connectivity index (χ2v) is 9.04. The average molecular weight is 479 g/mol. The van der Waals surface area contributed by atoms with Gasteiger partial charge in [0, 0.05) is 17.3 Å². The van der Waals surface area contributed by atoms with E-state index < -0.39 is 29.3 Å². The summed E-state index contributed by atoms with van der Waals surface area (Å²) in [6.45, 7) is 7.20. The van der Waals surface area contributed by atoms with E-state index in [4.69, 9.17) is 4.74 Å². The van der Waals surface area contributed by atoms with Crippen LogP contribution in [0.25, 0.3) is 11.4 Å². The molecule has 2 aliphatic heterocycles. The SMILES string of the molecule is Cc1nc2c(C)cccn2c1C([O-])=C1C(=O)C(=O)N(CC[NH+]2CCOCC2)C1c1ccccc1F. The second kappa shape index (κ2) is 9.24. The predicted molar refractivity (Wildman–Crippen MR) is 124 cm³/mol. The van der Waals surface area contributed by atoms with Gasteiger partial charge in [0.05, 0.1) is 43.7 Å². The Kier molecular flexibility index (Phi) is 6.12. The molecule has 182 valence electrons. The fourth-order valence-electron chi connectivity index (χ4n) is 5.03. The molecule has 0 spiro atoms. The lowest BCUT2D eigenvalue weighted by molar-refractivity contribution is -0.907. The molecular weight excluding hydrogens is 451 g/mol. The van der Waals surface area contributed by atoms with Crippen LogP contribution < -0.4 is 10.0 Å². The van der Waals surface area contributed by atoms with E-state index >= 15 is 4.39 Å². The lowest BCUT2D eigenvalue weighted by atomic mass is 9.96. The Labute approximate surface area is 202 Å². The van der Waals surface area contributed by atoms with E-state index in [2.05, 4.69) is 4.98 Å². The first-order chi connectivity index (χ1) is 16.9. The summed E-state index contributed by atoms with van der Waals surface area (Å²) >= 11 is 0. The molecule has 0 aliphatic carbocycles. The van der Waals surface area contributed by atoms with Crippen molar-refractivity contribution in [1.82, 2.24) is 14.3 Å². The number of carbonyl (C=O) groups excluding carboxylic acids is 2. The summed E-state index contributed by atoms with van der Waals surface area (Å²) in [6, 6.07) is 8.56. The third-order valence-corrected chi connectivity index (χ3v) is 6.87. The Morgan fingerprint density at radius 3 is 2.66 bits per heavy atom. The highest BCUT2D eigenvalue weighted by molar-refractivity contribution is 6.46. The van der Waals surface area contributed by atoms with Crippen LogP contribution in [0.4, 0.5) is 4.39 Å². The van der Waals surface area contributed by atoms with Crippen LogP contribution in [0.2, 0.25) is 0 Å². The topological polar surface area (TPSA) is 91.4 Å². The summed E-state index contributed by atoms with van der Waals surface area (Å²) in [5.41, 5.74) is 2.02.